The lowest BCUT2D eigenvalue weighted by molar-refractivity contribution is -0.118. The lowest BCUT2D eigenvalue weighted by atomic mass is 9.68. The fourth-order valence-corrected chi connectivity index (χ4v) is 1.93. The van der Waals surface area contributed by atoms with Crippen LogP contribution >= 0.6 is 0 Å². The van der Waals surface area contributed by atoms with Gasteiger partial charge in [0.25, 0.3) is 0 Å². The number of benzene rings is 1. The van der Waals surface area contributed by atoms with Gasteiger partial charge in [-0.15, -0.1) is 0 Å². The Morgan fingerprint density at radius 2 is 2.15 bits per heavy atom. The molecule has 0 aliphatic heterocycles. The van der Waals surface area contributed by atoms with E-state index in [0.717, 1.165) is 12.8 Å². The lowest BCUT2D eigenvalue weighted by Crippen LogP contribution is -2.25. The van der Waals surface area contributed by atoms with E-state index in [4.69, 9.17) is 0 Å². The molecule has 0 saturated carbocycles. The van der Waals surface area contributed by atoms with Gasteiger partial charge in [0.15, 0.2) is 0 Å². The van der Waals surface area contributed by atoms with Gasteiger partial charge < -0.3 is 0 Å². The number of carbonyl (C=O) groups excluding carboxylic acids is 1. The summed E-state index contributed by atoms with van der Waals surface area (Å²) < 4.78 is 0. The maximum absolute atomic E-state index is 11.3. The molecule has 1 aromatic rings. The molecule has 2 heteroatoms. The van der Waals surface area contributed by atoms with Crippen molar-refractivity contribution in [2.24, 2.45) is 0 Å². The Labute approximate surface area is 79.4 Å². The summed E-state index contributed by atoms with van der Waals surface area (Å²) in [6.45, 7) is 2.02. The number of aryl methyl sites for hydroxylation is 1. The zero-order valence-electron chi connectivity index (χ0n) is 7.84. The molecular weight excluding hydrogens is 159 g/mol. The van der Waals surface area contributed by atoms with Gasteiger partial charge in [0.1, 0.15) is 13.1 Å². The van der Waals surface area contributed by atoms with Crippen LogP contribution in [0.1, 0.15) is 17.5 Å². The summed E-state index contributed by atoms with van der Waals surface area (Å²) >= 11 is 0. The Morgan fingerprint density at radius 1 is 1.31 bits per heavy atom. The third kappa shape index (κ3) is 1.53. The highest BCUT2D eigenvalue weighted by Gasteiger charge is 2.16. The minimum Gasteiger partial charge on any atom is -0.299 e. The summed E-state index contributed by atoms with van der Waals surface area (Å²) in [5, 5.41) is 0. The van der Waals surface area contributed by atoms with Crippen LogP contribution < -0.4 is 5.46 Å². The Balaban J connectivity index is 2.46. The van der Waals surface area contributed by atoms with Crippen molar-refractivity contribution >= 4 is 18.5 Å². The molecule has 0 heterocycles. The van der Waals surface area contributed by atoms with Gasteiger partial charge in [0.05, 0.1) is 0 Å². The largest absolute Gasteiger partial charge is 0.299 e. The highest BCUT2D eigenvalue weighted by molar-refractivity contribution is 6.52. The van der Waals surface area contributed by atoms with Crippen molar-refractivity contribution < 1.29 is 4.79 Å². The monoisotopic (exact) mass is 171 g/mol. The Kier molecular flexibility index (Phi) is 2.21. The number of hydrogen-bond acceptors (Lipinski definition) is 1. The van der Waals surface area contributed by atoms with Gasteiger partial charge >= 0.3 is 0 Å². The van der Waals surface area contributed by atoms with E-state index in [1.54, 1.807) is 0 Å². The maximum atomic E-state index is 11.3. The molecule has 1 radical (unpaired) electrons. The predicted octanol–water partition coefficient (Wildman–Crippen LogP) is 1.12. The van der Waals surface area contributed by atoms with E-state index < -0.39 is 0 Å². The quantitative estimate of drug-likeness (QED) is 0.578. The average molecular weight is 171 g/mol. The van der Waals surface area contributed by atoms with Gasteiger partial charge in [-0.25, -0.2) is 0 Å². The molecule has 0 N–H and O–H groups in total. The topological polar surface area (TPSA) is 17.1 Å². The molecule has 0 bridgehead atoms. The minimum atomic E-state index is 0.377. The molecule has 13 heavy (non-hydrogen) atoms. The van der Waals surface area contributed by atoms with Crippen LogP contribution in [0.5, 0.6) is 0 Å². The molecule has 0 atom stereocenters. The molecule has 1 nitrogen and oxygen atoms in total. The Bertz CT molecular complexity index is 330. The summed E-state index contributed by atoms with van der Waals surface area (Å²) in [5.74, 6) is 0.377. The summed E-state index contributed by atoms with van der Waals surface area (Å²) in [7, 11) is 2.08. The van der Waals surface area contributed by atoms with Gasteiger partial charge in [-0.05, 0) is 17.5 Å². The zero-order chi connectivity index (χ0) is 9.26. The van der Waals surface area contributed by atoms with Gasteiger partial charge in [-0.3, -0.25) is 4.79 Å². The average Bonchev–Trinajstić information content (AvgIpc) is 2.17. The molecule has 0 aromatic heterocycles. The SMILES string of the molecule is C[B]c1cccc2c1CC(=O)CC2. The number of rotatable bonds is 1. The van der Waals surface area contributed by atoms with Crippen molar-refractivity contribution in [2.75, 3.05) is 0 Å². The van der Waals surface area contributed by atoms with E-state index in [-0.39, 0.29) is 0 Å². The zero-order valence-corrected chi connectivity index (χ0v) is 7.84. The second-order valence-corrected chi connectivity index (χ2v) is 3.49. The number of carbonyl (C=O) groups is 1. The highest BCUT2D eigenvalue weighted by Crippen LogP contribution is 2.16. The molecule has 1 aliphatic rings. The molecule has 65 valence electrons. The molecule has 1 aliphatic carbocycles. The highest BCUT2D eigenvalue weighted by atomic mass is 16.1. The maximum Gasteiger partial charge on any atom is 0.148 e. The predicted molar refractivity (Wildman–Crippen MR) is 54.7 cm³/mol. The van der Waals surface area contributed by atoms with Gasteiger partial charge in [0.2, 0.25) is 0 Å². The van der Waals surface area contributed by atoms with Crippen LogP contribution in [0.15, 0.2) is 18.2 Å². The molecule has 0 unspecified atom stereocenters. The molecule has 0 saturated heterocycles. The fourth-order valence-electron chi connectivity index (χ4n) is 1.93. The molecule has 0 amide bonds. The normalized spacial score (nSPS) is 15.3. The van der Waals surface area contributed by atoms with Crippen LogP contribution in [0.3, 0.4) is 0 Å². The Morgan fingerprint density at radius 3 is 2.92 bits per heavy atom. The summed E-state index contributed by atoms with van der Waals surface area (Å²) in [6, 6.07) is 6.29. The lowest BCUT2D eigenvalue weighted by Gasteiger charge is -2.17. The number of Topliss-reactive ketones (excluding diaryl/α,β-unsaturated/α-hetero) is 1. The van der Waals surface area contributed by atoms with Gasteiger partial charge in [-0.2, -0.15) is 0 Å². The second-order valence-electron chi connectivity index (χ2n) is 3.49. The fraction of sp³-hybridized carbons (Fsp3) is 0.364. The van der Waals surface area contributed by atoms with Crippen LogP contribution in [-0.4, -0.2) is 13.1 Å². The third-order valence-electron chi connectivity index (χ3n) is 2.67. The molecular formula is C11H12BO. The first-order valence-electron chi connectivity index (χ1n) is 4.73. The van der Waals surface area contributed by atoms with Crippen molar-refractivity contribution in [2.45, 2.75) is 26.1 Å². The summed E-state index contributed by atoms with van der Waals surface area (Å²) in [4.78, 5) is 11.3. The van der Waals surface area contributed by atoms with Crippen molar-refractivity contribution in [3.05, 3.63) is 29.3 Å². The number of hydrogen-bond donors (Lipinski definition) is 0. The number of fused-ring (bicyclic) bond motifs is 1. The van der Waals surface area contributed by atoms with Crippen molar-refractivity contribution in [3.63, 3.8) is 0 Å². The molecule has 1 aromatic carbocycles. The van der Waals surface area contributed by atoms with Gasteiger partial charge in [-0.1, -0.05) is 30.5 Å². The number of ketones is 1. The first kappa shape index (κ1) is 8.55. The van der Waals surface area contributed by atoms with Crippen LogP contribution in [0.4, 0.5) is 0 Å². The second kappa shape index (κ2) is 3.37. The summed E-state index contributed by atoms with van der Waals surface area (Å²) in [6.07, 6.45) is 2.28. The smallest absolute Gasteiger partial charge is 0.148 e. The first-order valence-corrected chi connectivity index (χ1v) is 4.73. The van der Waals surface area contributed by atoms with Crippen molar-refractivity contribution in [1.82, 2.24) is 0 Å². The van der Waals surface area contributed by atoms with E-state index in [1.165, 1.54) is 16.6 Å². The standard InChI is InChI=1S/C11H12BO/c1-12-11-4-2-3-8-5-6-9(13)7-10(8)11/h2-4H,5-7H2,1H3. The van der Waals surface area contributed by atoms with E-state index in [2.05, 4.69) is 25.5 Å². The van der Waals surface area contributed by atoms with Crippen LogP contribution in [0.2, 0.25) is 6.82 Å². The van der Waals surface area contributed by atoms with E-state index >= 15 is 0 Å². The van der Waals surface area contributed by atoms with Crippen LogP contribution in [-0.2, 0) is 17.6 Å². The van der Waals surface area contributed by atoms with Crippen LogP contribution in [0, 0.1) is 0 Å². The molecule has 0 fully saturated rings. The van der Waals surface area contributed by atoms with E-state index in [0.29, 0.717) is 12.2 Å². The minimum absolute atomic E-state index is 0.377. The summed E-state index contributed by atoms with van der Waals surface area (Å²) in [5.41, 5.74) is 3.84. The van der Waals surface area contributed by atoms with E-state index in [9.17, 15) is 4.79 Å². The van der Waals surface area contributed by atoms with Crippen molar-refractivity contribution in [3.8, 4) is 0 Å². The molecule has 2 rings (SSSR count). The Hall–Kier alpha value is -1.05. The third-order valence-corrected chi connectivity index (χ3v) is 2.67. The van der Waals surface area contributed by atoms with Crippen LogP contribution in [0.25, 0.3) is 0 Å². The first-order chi connectivity index (χ1) is 6.31. The van der Waals surface area contributed by atoms with Crippen molar-refractivity contribution in [1.29, 1.82) is 0 Å². The van der Waals surface area contributed by atoms with E-state index in [1.807, 2.05) is 6.82 Å². The van der Waals surface area contributed by atoms with Gasteiger partial charge in [0, 0.05) is 12.8 Å². The molecule has 0 spiro atoms.